The van der Waals surface area contributed by atoms with Crippen LogP contribution >= 0.6 is 0 Å². The first-order valence-electron chi connectivity index (χ1n) is 11.1. The van der Waals surface area contributed by atoms with E-state index in [1.807, 2.05) is 24.3 Å². The topological polar surface area (TPSA) is 66.5 Å². The van der Waals surface area contributed by atoms with Gasteiger partial charge in [0, 0.05) is 19.6 Å². The second kappa shape index (κ2) is 9.96. The predicted octanol–water partition coefficient (Wildman–Crippen LogP) is 4.65. The van der Waals surface area contributed by atoms with Gasteiger partial charge in [0.25, 0.3) is 0 Å². The molecule has 0 bridgehead atoms. The van der Waals surface area contributed by atoms with E-state index < -0.39 is 10.0 Å². The van der Waals surface area contributed by atoms with E-state index in [1.165, 1.54) is 9.87 Å². The number of carbonyl (C=O) groups is 1. The molecule has 6 heteroatoms. The van der Waals surface area contributed by atoms with Gasteiger partial charge in [0.2, 0.25) is 15.9 Å². The summed E-state index contributed by atoms with van der Waals surface area (Å²) in [5, 5.41) is 2.99. The largest absolute Gasteiger partial charge is 0.352 e. The van der Waals surface area contributed by atoms with E-state index in [0.717, 1.165) is 11.1 Å². The molecule has 1 amide bonds. The fourth-order valence-corrected chi connectivity index (χ4v) is 5.43. The van der Waals surface area contributed by atoms with Gasteiger partial charge in [0.1, 0.15) is 0 Å². The number of nitrogens with one attached hydrogen (secondary N) is 1. The molecule has 0 aliphatic carbocycles. The number of amides is 1. The maximum Gasteiger partial charge on any atom is 0.243 e. The zero-order valence-electron chi connectivity index (χ0n) is 19.0. The molecule has 0 spiro atoms. The smallest absolute Gasteiger partial charge is 0.243 e. The molecule has 0 aromatic heterocycles. The Morgan fingerprint density at radius 1 is 0.968 bits per heavy atom. The second-order valence-corrected chi connectivity index (χ2v) is 11.0. The van der Waals surface area contributed by atoms with Crippen molar-refractivity contribution in [2.45, 2.75) is 63.8 Å². The number of benzene rings is 2. The average molecular weight is 443 g/mol. The van der Waals surface area contributed by atoms with Crippen LogP contribution in [0.4, 0.5) is 0 Å². The summed E-state index contributed by atoms with van der Waals surface area (Å²) in [4.78, 5) is 13.0. The van der Waals surface area contributed by atoms with Gasteiger partial charge < -0.3 is 5.32 Å². The number of carbonyl (C=O) groups excluding carboxylic acids is 1. The average Bonchev–Trinajstić information content (AvgIpc) is 2.77. The van der Waals surface area contributed by atoms with Crippen LogP contribution in [-0.2, 0) is 21.4 Å². The van der Waals surface area contributed by atoms with E-state index in [-0.39, 0.29) is 18.4 Å². The summed E-state index contributed by atoms with van der Waals surface area (Å²) in [6, 6.07) is 15.3. The Labute approximate surface area is 186 Å². The highest BCUT2D eigenvalue weighted by atomic mass is 32.2. The number of hydrogen-bond donors (Lipinski definition) is 1. The van der Waals surface area contributed by atoms with E-state index in [0.29, 0.717) is 42.7 Å². The molecule has 5 nitrogen and oxygen atoms in total. The highest BCUT2D eigenvalue weighted by Crippen LogP contribution is 2.25. The molecule has 0 saturated carbocycles. The lowest BCUT2D eigenvalue weighted by Crippen LogP contribution is -2.45. The van der Waals surface area contributed by atoms with Gasteiger partial charge in [-0.15, -0.1) is 0 Å². The number of rotatable bonds is 7. The van der Waals surface area contributed by atoms with E-state index in [4.69, 9.17) is 0 Å². The van der Waals surface area contributed by atoms with Gasteiger partial charge >= 0.3 is 0 Å². The van der Waals surface area contributed by atoms with Crippen molar-refractivity contribution in [3.05, 3.63) is 65.2 Å². The fraction of sp³-hybridized carbons (Fsp3) is 0.480. The Kier molecular flexibility index (Phi) is 7.55. The number of sulfonamides is 1. The quantitative estimate of drug-likeness (QED) is 0.679. The van der Waals surface area contributed by atoms with Crippen molar-refractivity contribution in [2.75, 3.05) is 13.1 Å². The third-order valence-electron chi connectivity index (χ3n) is 6.05. The Bertz CT molecular complexity index is 980. The molecule has 3 rings (SSSR count). The first kappa shape index (κ1) is 23.5. The van der Waals surface area contributed by atoms with Crippen LogP contribution in [0.3, 0.4) is 0 Å². The van der Waals surface area contributed by atoms with Crippen LogP contribution in [0.1, 0.15) is 69.1 Å². The minimum absolute atomic E-state index is 0.0806. The number of piperidine rings is 1. The molecule has 1 fully saturated rings. The maximum atomic E-state index is 13.1. The van der Waals surface area contributed by atoms with E-state index in [2.05, 4.69) is 45.1 Å². The molecule has 1 aliphatic heterocycles. The molecular formula is C25H34N2O3S. The summed E-state index contributed by atoms with van der Waals surface area (Å²) >= 11 is 0. The molecule has 1 aliphatic rings. The van der Waals surface area contributed by atoms with E-state index >= 15 is 0 Å². The predicted molar refractivity (Wildman–Crippen MR) is 124 cm³/mol. The van der Waals surface area contributed by atoms with Gasteiger partial charge in [-0.3, -0.25) is 4.79 Å². The van der Waals surface area contributed by atoms with Crippen LogP contribution in [0.5, 0.6) is 0 Å². The van der Waals surface area contributed by atoms with E-state index in [9.17, 15) is 13.2 Å². The SMILES string of the molecule is CC(C)c1ccc(CNC(=O)[C@H]2CCCN(S(=O)(=O)c3ccc(C(C)C)cc3)C2)cc1. The van der Waals surface area contributed by atoms with Crippen LogP contribution in [0.25, 0.3) is 0 Å². The Morgan fingerprint density at radius 3 is 2.06 bits per heavy atom. The Morgan fingerprint density at radius 2 is 1.52 bits per heavy atom. The summed E-state index contributed by atoms with van der Waals surface area (Å²) < 4.78 is 27.7. The molecule has 0 radical (unpaired) electrons. The lowest BCUT2D eigenvalue weighted by Gasteiger charge is -2.31. The lowest BCUT2D eigenvalue weighted by molar-refractivity contribution is -0.126. The van der Waals surface area contributed by atoms with Crippen LogP contribution in [0.2, 0.25) is 0 Å². The van der Waals surface area contributed by atoms with Crippen molar-refractivity contribution in [3.63, 3.8) is 0 Å². The molecule has 1 N–H and O–H groups in total. The van der Waals surface area contributed by atoms with E-state index in [1.54, 1.807) is 12.1 Å². The monoisotopic (exact) mass is 442 g/mol. The molecule has 1 saturated heterocycles. The van der Waals surface area contributed by atoms with Gasteiger partial charge in [0.05, 0.1) is 10.8 Å². The maximum absolute atomic E-state index is 13.1. The van der Waals surface area contributed by atoms with Crippen molar-refractivity contribution in [3.8, 4) is 0 Å². The first-order valence-corrected chi connectivity index (χ1v) is 12.6. The van der Waals surface area contributed by atoms with Crippen LogP contribution in [0.15, 0.2) is 53.4 Å². The van der Waals surface area contributed by atoms with Crippen LogP contribution < -0.4 is 5.32 Å². The van der Waals surface area contributed by atoms with Gasteiger partial charge in [-0.1, -0.05) is 64.1 Å². The van der Waals surface area contributed by atoms with Gasteiger partial charge in [0.15, 0.2) is 0 Å². The summed E-state index contributed by atoms with van der Waals surface area (Å²) in [5.41, 5.74) is 3.42. The minimum Gasteiger partial charge on any atom is -0.352 e. The fourth-order valence-electron chi connectivity index (χ4n) is 3.90. The van der Waals surface area contributed by atoms with Crippen molar-refractivity contribution < 1.29 is 13.2 Å². The van der Waals surface area contributed by atoms with Crippen molar-refractivity contribution in [2.24, 2.45) is 5.92 Å². The third kappa shape index (κ3) is 5.74. The zero-order chi connectivity index (χ0) is 22.6. The standard InChI is InChI=1S/C25H34N2O3S/c1-18(2)21-9-7-20(8-10-21)16-26-25(28)23-6-5-15-27(17-23)31(29,30)24-13-11-22(12-14-24)19(3)4/h7-14,18-19,23H,5-6,15-17H2,1-4H3,(H,26,28)/t23-/m0/s1. The minimum atomic E-state index is -3.60. The number of nitrogens with zero attached hydrogens (tertiary/aromatic N) is 1. The molecule has 2 aromatic rings. The molecule has 1 heterocycles. The highest BCUT2D eigenvalue weighted by molar-refractivity contribution is 7.89. The summed E-state index contributed by atoms with van der Waals surface area (Å²) in [6.07, 6.45) is 1.39. The van der Waals surface area contributed by atoms with Gasteiger partial charge in [-0.2, -0.15) is 4.31 Å². The van der Waals surface area contributed by atoms with Gasteiger partial charge in [-0.25, -0.2) is 8.42 Å². The second-order valence-electron chi connectivity index (χ2n) is 9.04. The first-order chi connectivity index (χ1) is 14.7. The van der Waals surface area contributed by atoms with Crippen LogP contribution in [-0.4, -0.2) is 31.7 Å². The molecule has 31 heavy (non-hydrogen) atoms. The highest BCUT2D eigenvalue weighted by Gasteiger charge is 2.33. The third-order valence-corrected chi connectivity index (χ3v) is 7.93. The van der Waals surface area contributed by atoms with Gasteiger partial charge in [-0.05, 0) is 53.5 Å². The summed E-state index contributed by atoms with van der Waals surface area (Å²) in [6.45, 7) is 9.60. The molecule has 2 aromatic carbocycles. The normalized spacial score (nSPS) is 17.8. The Balaban J connectivity index is 1.61. The lowest BCUT2D eigenvalue weighted by atomic mass is 9.98. The summed E-state index contributed by atoms with van der Waals surface area (Å²) in [5.74, 6) is 0.415. The molecule has 0 unspecified atom stereocenters. The summed E-state index contributed by atoms with van der Waals surface area (Å²) in [7, 11) is -3.60. The zero-order valence-corrected chi connectivity index (χ0v) is 19.8. The van der Waals surface area contributed by atoms with Crippen LogP contribution in [0, 0.1) is 5.92 Å². The van der Waals surface area contributed by atoms with Crippen molar-refractivity contribution in [1.82, 2.24) is 9.62 Å². The van der Waals surface area contributed by atoms with Crippen molar-refractivity contribution in [1.29, 1.82) is 0 Å². The molecule has 1 atom stereocenters. The molecular weight excluding hydrogens is 408 g/mol. The Hall–Kier alpha value is -2.18. The van der Waals surface area contributed by atoms with Crippen molar-refractivity contribution >= 4 is 15.9 Å². The molecule has 168 valence electrons. The number of hydrogen-bond acceptors (Lipinski definition) is 3.